The molecule has 1 N–H and O–H groups in total. The average molecular weight is 445 g/mol. The number of hydrogen-bond donors (Lipinski definition) is 1. The number of aromatic nitrogens is 2. The van der Waals surface area contributed by atoms with Gasteiger partial charge < -0.3 is 14.4 Å². The number of aliphatic hydroxyl groups is 1. The minimum atomic E-state index is -0.623. The highest BCUT2D eigenvalue weighted by atomic mass is 19.1. The highest BCUT2D eigenvalue weighted by Crippen LogP contribution is 2.30. The van der Waals surface area contributed by atoms with Gasteiger partial charge in [0.05, 0.1) is 18.2 Å². The first-order valence-electron chi connectivity index (χ1n) is 11.1. The molecular weight excluding hydrogens is 421 g/mol. The molecule has 5 rings (SSSR count). The summed E-state index contributed by atoms with van der Waals surface area (Å²) in [5.41, 5.74) is 2.85. The van der Waals surface area contributed by atoms with Crippen LogP contribution in [-0.4, -0.2) is 39.0 Å². The molecule has 0 radical (unpaired) electrons. The molecule has 0 bridgehead atoms. The zero-order valence-electron chi connectivity index (χ0n) is 18.0. The molecule has 33 heavy (non-hydrogen) atoms. The van der Waals surface area contributed by atoms with Gasteiger partial charge in [-0.05, 0) is 60.7 Å². The maximum atomic E-state index is 13.9. The lowest BCUT2D eigenvalue weighted by Gasteiger charge is -2.34. The number of pyridine rings is 1. The molecule has 168 valence electrons. The van der Waals surface area contributed by atoms with Gasteiger partial charge in [-0.15, -0.1) is 0 Å². The minimum absolute atomic E-state index is 0.0710. The summed E-state index contributed by atoms with van der Waals surface area (Å²) in [5.74, 6) is 0.104. The molecule has 6 nitrogen and oxygen atoms in total. The summed E-state index contributed by atoms with van der Waals surface area (Å²) in [4.78, 5) is 23.6. The van der Waals surface area contributed by atoms with Crippen LogP contribution < -0.4 is 0 Å². The third kappa shape index (κ3) is 4.50. The van der Waals surface area contributed by atoms with E-state index in [9.17, 15) is 14.3 Å². The van der Waals surface area contributed by atoms with Crippen LogP contribution in [0.15, 0.2) is 71.3 Å². The summed E-state index contributed by atoms with van der Waals surface area (Å²) in [7, 11) is 0. The second kappa shape index (κ2) is 9.11. The standard InChI is InChI=1S/C26H24FN3O3/c27-20-6-2-1-5-18(20)16-24-29-21-9-8-19(15-23(21)33-24)26(32)30-13-10-17(11-14-30)25(31)22-7-3-4-12-28-22/h1-9,12,15,17,25,31H,10-11,13-14,16H2/t25-/m0/s1. The Morgan fingerprint density at radius 2 is 1.91 bits per heavy atom. The molecule has 1 amide bonds. The molecule has 1 fully saturated rings. The lowest BCUT2D eigenvalue weighted by molar-refractivity contribution is 0.0447. The topological polar surface area (TPSA) is 79.5 Å². The first kappa shape index (κ1) is 21.3. The first-order chi connectivity index (χ1) is 16.1. The van der Waals surface area contributed by atoms with Gasteiger partial charge in [0.1, 0.15) is 11.3 Å². The molecule has 7 heteroatoms. The maximum Gasteiger partial charge on any atom is 0.253 e. The van der Waals surface area contributed by atoms with E-state index >= 15 is 0 Å². The minimum Gasteiger partial charge on any atom is -0.440 e. The molecule has 0 saturated carbocycles. The number of likely N-dealkylation sites (tertiary alicyclic amines) is 1. The maximum absolute atomic E-state index is 13.9. The summed E-state index contributed by atoms with van der Waals surface area (Å²) >= 11 is 0. The largest absolute Gasteiger partial charge is 0.440 e. The molecule has 0 aliphatic carbocycles. The number of carbonyl (C=O) groups is 1. The number of carbonyl (C=O) groups excluding carboxylic acids is 1. The zero-order chi connectivity index (χ0) is 22.8. The number of rotatable bonds is 5. The molecule has 2 aromatic carbocycles. The Morgan fingerprint density at radius 1 is 1.12 bits per heavy atom. The quantitative estimate of drug-likeness (QED) is 0.488. The number of halogens is 1. The predicted octanol–water partition coefficient (Wildman–Crippen LogP) is 4.54. The predicted molar refractivity (Wildman–Crippen MR) is 121 cm³/mol. The van der Waals surface area contributed by atoms with E-state index in [0.717, 1.165) is 0 Å². The van der Waals surface area contributed by atoms with Crippen molar-refractivity contribution in [2.45, 2.75) is 25.4 Å². The number of nitrogens with zero attached hydrogens (tertiary/aromatic N) is 3. The lowest BCUT2D eigenvalue weighted by Crippen LogP contribution is -2.39. The van der Waals surface area contributed by atoms with Crippen LogP contribution in [-0.2, 0) is 6.42 Å². The Hall–Kier alpha value is -3.58. The summed E-state index contributed by atoms with van der Waals surface area (Å²) < 4.78 is 19.8. The van der Waals surface area contributed by atoms with Crippen molar-refractivity contribution in [3.05, 3.63) is 95.4 Å². The van der Waals surface area contributed by atoms with Gasteiger partial charge in [-0.25, -0.2) is 9.37 Å². The third-order valence-corrected chi connectivity index (χ3v) is 6.24. The van der Waals surface area contributed by atoms with Crippen LogP contribution in [0.2, 0.25) is 0 Å². The molecule has 1 saturated heterocycles. The lowest BCUT2D eigenvalue weighted by atomic mass is 9.89. The van der Waals surface area contributed by atoms with E-state index in [1.807, 2.05) is 18.2 Å². The van der Waals surface area contributed by atoms with E-state index in [2.05, 4.69) is 9.97 Å². The Bertz CT molecular complexity index is 1270. The second-order valence-electron chi connectivity index (χ2n) is 8.39. The van der Waals surface area contributed by atoms with Crippen molar-refractivity contribution in [2.24, 2.45) is 5.92 Å². The Labute approximate surface area is 190 Å². The van der Waals surface area contributed by atoms with Crippen LogP contribution in [0.5, 0.6) is 0 Å². The summed E-state index contributed by atoms with van der Waals surface area (Å²) in [6.07, 6.45) is 2.72. The molecule has 1 aliphatic rings. The first-order valence-corrected chi connectivity index (χ1v) is 11.1. The van der Waals surface area contributed by atoms with E-state index in [4.69, 9.17) is 4.42 Å². The molecule has 1 aliphatic heterocycles. The fourth-order valence-corrected chi connectivity index (χ4v) is 4.38. The molecular formula is C26H24FN3O3. The van der Waals surface area contributed by atoms with Gasteiger partial charge in [0.15, 0.2) is 11.5 Å². The number of aliphatic hydroxyl groups excluding tert-OH is 1. The summed E-state index contributed by atoms with van der Waals surface area (Å²) in [5, 5.41) is 10.6. The van der Waals surface area contributed by atoms with Crippen molar-refractivity contribution in [1.82, 2.24) is 14.9 Å². The number of hydrogen-bond acceptors (Lipinski definition) is 5. The van der Waals surface area contributed by atoms with Crippen molar-refractivity contribution < 1.29 is 18.7 Å². The van der Waals surface area contributed by atoms with Crippen molar-refractivity contribution in [3.63, 3.8) is 0 Å². The van der Waals surface area contributed by atoms with Gasteiger partial charge in [-0.1, -0.05) is 24.3 Å². The smallest absolute Gasteiger partial charge is 0.253 e. The average Bonchev–Trinajstić information content (AvgIpc) is 3.27. The highest BCUT2D eigenvalue weighted by molar-refractivity contribution is 5.97. The van der Waals surface area contributed by atoms with Gasteiger partial charge in [0.2, 0.25) is 0 Å². The molecule has 4 aromatic rings. The van der Waals surface area contributed by atoms with Crippen LogP contribution in [0.4, 0.5) is 4.39 Å². The number of oxazole rings is 1. The van der Waals surface area contributed by atoms with Crippen molar-refractivity contribution in [2.75, 3.05) is 13.1 Å². The fraction of sp³-hybridized carbons (Fsp3) is 0.269. The van der Waals surface area contributed by atoms with E-state index in [1.54, 1.807) is 47.5 Å². The SMILES string of the molecule is O=C(c1ccc2nc(Cc3ccccc3F)oc2c1)N1CCC([C@H](O)c2ccccn2)CC1. The van der Waals surface area contributed by atoms with Crippen LogP contribution in [0.1, 0.15) is 46.5 Å². The van der Waals surface area contributed by atoms with Gasteiger partial charge in [-0.2, -0.15) is 0 Å². The molecule has 2 aromatic heterocycles. The van der Waals surface area contributed by atoms with E-state index in [0.29, 0.717) is 59.7 Å². The zero-order valence-corrected chi connectivity index (χ0v) is 18.0. The van der Waals surface area contributed by atoms with Crippen LogP contribution in [0, 0.1) is 11.7 Å². The third-order valence-electron chi connectivity index (χ3n) is 6.24. The van der Waals surface area contributed by atoms with Crippen molar-refractivity contribution in [3.8, 4) is 0 Å². The van der Waals surface area contributed by atoms with Crippen molar-refractivity contribution in [1.29, 1.82) is 0 Å². The Balaban J connectivity index is 1.26. The van der Waals surface area contributed by atoms with Gasteiger partial charge >= 0.3 is 0 Å². The number of benzene rings is 2. The van der Waals surface area contributed by atoms with E-state index in [1.165, 1.54) is 6.07 Å². The van der Waals surface area contributed by atoms with E-state index < -0.39 is 6.10 Å². The van der Waals surface area contributed by atoms with Crippen molar-refractivity contribution >= 4 is 17.0 Å². The monoisotopic (exact) mass is 445 g/mol. The summed E-state index contributed by atoms with van der Waals surface area (Å²) in [6, 6.07) is 17.3. The fourth-order valence-electron chi connectivity index (χ4n) is 4.38. The van der Waals surface area contributed by atoms with E-state index in [-0.39, 0.29) is 24.1 Å². The number of piperidine rings is 1. The molecule has 0 spiro atoms. The molecule has 3 heterocycles. The van der Waals surface area contributed by atoms with Crippen LogP contribution in [0.3, 0.4) is 0 Å². The highest BCUT2D eigenvalue weighted by Gasteiger charge is 2.29. The Morgan fingerprint density at radius 3 is 2.67 bits per heavy atom. The number of fused-ring (bicyclic) bond motifs is 1. The molecule has 1 atom stereocenters. The molecule has 0 unspecified atom stereocenters. The normalized spacial score (nSPS) is 15.6. The summed E-state index contributed by atoms with van der Waals surface area (Å²) in [6.45, 7) is 1.14. The Kier molecular flexibility index (Phi) is 5.88. The number of amides is 1. The van der Waals surface area contributed by atoms with Gasteiger partial charge in [0.25, 0.3) is 5.91 Å². The van der Waals surface area contributed by atoms with Crippen LogP contribution in [0.25, 0.3) is 11.1 Å². The van der Waals surface area contributed by atoms with Gasteiger partial charge in [0, 0.05) is 24.8 Å². The second-order valence-corrected chi connectivity index (χ2v) is 8.39. The van der Waals surface area contributed by atoms with Gasteiger partial charge in [-0.3, -0.25) is 9.78 Å². The van der Waals surface area contributed by atoms with Crippen LogP contribution >= 0.6 is 0 Å².